The topological polar surface area (TPSA) is 181 Å². The molecule has 2 rings (SSSR count). The van der Waals surface area contributed by atoms with Gasteiger partial charge >= 0.3 is 11.8 Å². The maximum absolute atomic E-state index is 14.8. The van der Waals surface area contributed by atoms with Crippen LogP contribution in [0.4, 0.5) is 15.0 Å². The van der Waals surface area contributed by atoms with Crippen molar-refractivity contribution in [1.29, 1.82) is 0 Å². The van der Waals surface area contributed by atoms with E-state index in [-0.39, 0.29) is 12.3 Å². The third-order valence-electron chi connectivity index (χ3n) is 5.20. The molecule has 3 amide bonds. The quantitative estimate of drug-likeness (QED) is 0.286. The zero-order valence-corrected chi connectivity index (χ0v) is 20.9. The molecule has 1 fully saturated rings. The van der Waals surface area contributed by atoms with E-state index in [4.69, 9.17) is 9.47 Å². The van der Waals surface area contributed by atoms with Crippen molar-refractivity contribution in [2.45, 2.75) is 90.1 Å². The van der Waals surface area contributed by atoms with Crippen LogP contribution < -0.4 is 21.6 Å². The molecule has 0 spiro atoms. The summed E-state index contributed by atoms with van der Waals surface area (Å²) in [5, 5.41) is 27.1. The van der Waals surface area contributed by atoms with Crippen molar-refractivity contribution in [3.63, 3.8) is 0 Å². The number of hydrogen-bond acceptors (Lipinski definition) is 9. The van der Waals surface area contributed by atoms with Gasteiger partial charge in [-0.2, -0.15) is 4.98 Å². The third kappa shape index (κ3) is 8.24. The van der Waals surface area contributed by atoms with E-state index in [0.717, 1.165) is 0 Å². The van der Waals surface area contributed by atoms with Crippen molar-refractivity contribution < 1.29 is 38.5 Å². The van der Waals surface area contributed by atoms with Crippen LogP contribution in [0.2, 0.25) is 0 Å². The molecule has 13 nitrogen and oxygen atoms in total. The largest absolute Gasteiger partial charge is 0.444 e. The number of nitrogens with zero attached hydrogens (tertiary/aromatic N) is 2. The summed E-state index contributed by atoms with van der Waals surface area (Å²) in [5.74, 6) is -2.83. The van der Waals surface area contributed by atoms with Gasteiger partial charge in [0.1, 0.15) is 23.9 Å². The molecule has 1 aliphatic heterocycles. The molecule has 2 heterocycles. The second-order valence-corrected chi connectivity index (χ2v) is 9.51. The van der Waals surface area contributed by atoms with Gasteiger partial charge < -0.3 is 35.6 Å². The minimum atomic E-state index is -1.49. The van der Waals surface area contributed by atoms with Gasteiger partial charge in [-0.1, -0.05) is 0 Å². The molecule has 0 bridgehead atoms. The molecule has 0 radical (unpaired) electrons. The summed E-state index contributed by atoms with van der Waals surface area (Å²) in [4.78, 5) is 52.1. The highest BCUT2D eigenvalue weighted by atomic mass is 19.1. The van der Waals surface area contributed by atoms with Gasteiger partial charge in [-0.3, -0.25) is 14.2 Å². The van der Waals surface area contributed by atoms with Crippen molar-refractivity contribution in [1.82, 2.24) is 20.2 Å². The molecule has 1 aromatic heterocycles. The van der Waals surface area contributed by atoms with Crippen LogP contribution in [0.3, 0.4) is 0 Å². The number of unbranched alkanes of at least 4 members (excludes halogenated alkanes) is 1. The van der Waals surface area contributed by atoms with Crippen LogP contribution in [0.5, 0.6) is 0 Å². The van der Waals surface area contributed by atoms with E-state index in [9.17, 15) is 33.8 Å². The van der Waals surface area contributed by atoms with E-state index in [2.05, 4.69) is 20.9 Å². The minimum Gasteiger partial charge on any atom is -0.444 e. The van der Waals surface area contributed by atoms with Gasteiger partial charge in [-0.15, -0.1) is 0 Å². The molecule has 1 aliphatic rings. The fraction of sp³-hybridized carbons (Fsp3) is 0.682. The summed E-state index contributed by atoms with van der Waals surface area (Å²) in [6.07, 6.45) is -4.04. The maximum Gasteiger partial charge on any atom is 0.408 e. The Labute approximate surface area is 207 Å². The predicted octanol–water partition coefficient (Wildman–Crippen LogP) is 0.160. The van der Waals surface area contributed by atoms with Gasteiger partial charge in [0.15, 0.2) is 17.9 Å². The molecular formula is C22H34FN5O8. The number of carbonyl (C=O) groups excluding carboxylic acids is 3. The SMILES string of the molecule is CC(=O)NCCCCC(NC(=O)OC(C)(C)C)C(=O)Nc1nc(=O)n([C@@H]2O[C@H](C)C(O)[C@@H]2O)cc1F. The van der Waals surface area contributed by atoms with E-state index in [1.807, 2.05) is 0 Å². The van der Waals surface area contributed by atoms with Crippen LogP contribution in [0.15, 0.2) is 11.0 Å². The number of alkyl carbamates (subject to hydrolysis) is 1. The summed E-state index contributed by atoms with van der Waals surface area (Å²) in [7, 11) is 0. The molecule has 0 saturated carbocycles. The van der Waals surface area contributed by atoms with E-state index in [1.54, 1.807) is 20.8 Å². The van der Waals surface area contributed by atoms with Crippen LogP contribution in [-0.4, -0.2) is 74.2 Å². The molecule has 14 heteroatoms. The summed E-state index contributed by atoms with van der Waals surface area (Å²) in [6, 6.07) is -1.16. The Balaban J connectivity index is 2.15. The Hall–Kier alpha value is -3.10. The minimum absolute atomic E-state index is 0.126. The third-order valence-corrected chi connectivity index (χ3v) is 5.20. The van der Waals surface area contributed by atoms with Gasteiger partial charge in [0.25, 0.3) is 0 Å². The van der Waals surface area contributed by atoms with Crippen LogP contribution in [0, 0.1) is 5.82 Å². The summed E-state index contributed by atoms with van der Waals surface area (Å²) >= 11 is 0. The molecule has 1 aromatic rings. The predicted molar refractivity (Wildman–Crippen MR) is 124 cm³/mol. The first-order valence-electron chi connectivity index (χ1n) is 11.5. The molecule has 2 unspecified atom stereocenters. The summed E-state index contributed by atoms with van der Waals surface area (Å²) < 4.78 is 25.9. The van der Waals surface area contributed by atoms with Gasteiger partial charge in [0.2, 0.25) is 11.8 Å². The number of rotatable bonds is 9. The normalized spacial score (nSPS) is 22.6. The molecule has 0 aliphatic carbocycles. The van der Waals surface area contributed by atoms with Crippen molar-refractivity contribution in [3.05, 3.63) is 22.5 Å². The van der Waals surface area contributed by atoms with Crippen LogP contribution in [0.25, 0.3) is 0 Å². The lowest BCUT2D eigenvalue weighted by Gasteiger charge is -2.23. The molecule has 36 heavy (non-hydrogen) atoms. The Morgan fingerprint density at radius 1 is 1.25 bits per heavy atom. The smallest absolute Gasteiger partial charge is 0.408 e. The number of ether oxygens (including phenoxy) is 2. The first-order valence-corrected chi connectivity index (χ1v) is 11.5. The number of anilines is 1. The fourth-order valence-corrected chi connectivity index (χ4v) is 3.43. The number of halogens is 1. The lowest BCUT2D eigenvalue weighted by atomic mass is 10.1. The van der Waals surface area contributed by atoms with Gasteiger partial charge in [-0.05, 0) is 47.0 Å². The van der Waals surface area contributed by atoms with Crippen LogP contribution in [0.1, 0.15) is 60.1 Å². The summed E-state index contributed by atoms with van der Waals surface area (Å²) in [6.45, 7) is 8.16. The van der Waals surface area contributed by atoms with Gasteiger partial charge in [0.05, 0.1) is 12.3 Å². The Morgan fingerprint density at radius 3 is 2.47 bits per heavy atom. The second-order valence-electron chi connectivity index (χ2n) is 9.51. The molecule has 1 saturated heterocycles. The number of aliphatic hydroxyl groups is 2. The van der Waals surface area contributed by atoms with Crippen molar-refractivity contribution in [3.8, 4) is 0 Å². The number of carbonyl (C=O) groups is 3. The monoisotopic (exact) mass is 515 g/mol. The number of aromatic nitrogens is 2. The average Bonchev–Trinajstić information content (AvgIpc) is 3.00. The second kappa shape index (κ2) is 12.2. The van der Waals surface area contributed by atoms with Crippen molar-refractivity contribution >= 4 is 23.7 Å². The van der Waals surface area contributed by atoms with E-state index in [1.165, 1.54) is 13.8 Å². The van der Waals surface area contributed by atoms with E-state index >= 15 is 0 Å². The first-order chi connectivity index (χ1) is 16.7. The highest BCUT2D eigenvalue weighted by Gasteiger charge is 2.42. The first kappa shape index (κ1) is 29.1. The van der Waals surface area contributed by atoms with Crippen molar-refractivity contribution in [2.24, 2.45) is 0 Å². The molecule has 5 atom stereocenters. The highest BCUT2D eigenvalue weighted by molar-refractivity contribution is 5.95. The highest BCUT2D eigenvalue weighted by Crippen LogP contribution is 2.28. The molecule has 0 aromatic carbocycles. The Bertz CT molecular complexity index is 1010. The van der Waals surface area contributed by atoms with E-state index < -0.39 is 65.5 Å². The van der Waals surface area contributed by atoms with Crippen LogP contribution in [-0.2, 0) is 19.1 Å². The average molecular weight is 516 g/mol. The Kier molecular flexibility index (Phi) is 9.90. The number of aliphatic hydroxyl groups excluding tert-OH is 2. The van der Waals surface area contributed by atoms with Crippen molar-refractivity contribution in [2.75, 3.05) is 11.9 Å². The van der Waals surface area contributed by atoms with Crippen LogP contribution >= 0.6 is 0 Å². The number of hydrogen-bond donors (Lipinski definition) is 5. The fourth-order valence-electron chi connectivity index (χ4n) is 3.43. The molecule has 5 N–H and O–H groups in total. The lowest BCUT2D eigenvalue weighted by Crippen LogP contribution is -2.46. The maximum atomic E-state index is 14.8. The molecular weight excluding hydrogens is 481 g/mol. The van der Waals surface area contributed by atoms with Gasteiger partial charge in [-0.25, -0.2) is 14.0 Å². The van der Waals surface area contributed by atoms with Gasteiger partial charge in [0, 0.05) is 13.5 Å². The zero-order valence-electron chi connectivity index (χ0n) is 20.9. The van der Waals surface area contributed by atoms with E-state index in [0.29, 0.717) is 30.2 Å². The lowest BCUT2D eigenvalue weighted by molar-refractivity contribution is -0.119. The Morgan fingerprint density at radius 2 is 1.92 bits per heavy atom. The standard InChI is InChI=1S/C22H34FN5O8/c1-11-15(30)16(31)19(35-11)28-10-13(23)17(27-20(28)33)26-18(32)14(8-6-7-9-24-12(2)29)25-21(34)36-22(3,4)5/h10-11,14-16,19,30-31H,6-9H2,1-5H3,(H,24,29)(H,25,34)(H,26,27,32,33)/t11-,14?,15?,16+,19-/m1/s1. The molecule has 202 valence electrons. The number of nitrogens with one attached hydrogen (secondary N) is 3. The number of amides is 3. The summed E-state index contributed by atoms with van der Waals surface area (Å²) in [5.41, 5.74) is -1.86. The zero-order chi connectivity index (χ0) is 27.2.